The molecule has 88 valence electrons. The average Bonchev–Trinajstić information content (AvgIpc) is 2.41. The Bertz CT molecular complexity index is 349. The predicted molar refractivity (Wildman–Crippen MR) is 63.4 cm³/mol. The van der Waals surface area contributed by atoms with Crippen molar-refractivity contribution in [3.8, 4) is 0 Å². The van der Waals surface area contributed by atoms with E-state index in [0.717, 1.165) is 37.6 Å². The Morgan fingerprint density at radius 2 is 2.31 bits per heavy atom. The molecule has 16 heavy (non-hydrogen) atoms. The highest BCUT2D eigenvalue weighted by Gasteiger charge is 2.16. The van der Waals surface area contributed by atoms with Gasteiger partial charge < -0.3 is 15.4 Å². The summed E-state index contributed by atoms with van der Waals surface area (Å²) in [5.41, 5.74) is 6.56. The molecule has 1 unspecified atom stereocenters. The first-order chi connectivity index (χ1) is 7.65. The third-order valence-corrected chi connectivity index (χ3v) is 2.63. The summed E-state index contributed by atoms with van der Waals surface area (Å²) in [5, 5.41) is 0. The number of aryl methyl sites for hydroxylation is 1. The number of nitrogens with two attached hydrogens (primary N) is 1. The van der Waals surface area contributed by atoms with Gasteiger partial charge in [-0.15, -0.1) is 0 Å². The van der Waals surface area contributed by atoms with Crippen LogP contribution in [-0.4, -0.2) is 35.8 Å². The first-order valence-electron chi connectivity index (χ1n) is 5.63. The van der Waals surface area contributed by atoms with Crippen molar-refractivity contribution < 1.29 is 4.74 Å². The molecule has 0 aliphatic carbocycles. The number of nitrogens with zero attached hydrogens (tertiary/aromatic N) is 3. The second kappa shape index (κ2) is 4.65. The maximum atomic E-state index is 5.66. The van der Waals surface area contributed by atoms with E-state index in [9.17, 15) is 0 Å². The van der Waals surface area contributed by atoms with Gasteiger partial charge >= 0.3 is 0 Å². The van der Waals surface area contributed by atoms with E-state index in [2.05, 4.69) is 21.8 Å². The zero-order valence-electron chi connectivity index (χ0n) is 9.81. The van der Waals surface area contributed by atoms with Gasteiger partial charge in [0.1, 0.15) is 5.82 Å². The van der Waals surface area contributed by atoms with Gasteiger partial charge in [0.2, 0.25) is 5.95 Å². The Labute approximate surface area is 95.6 Å². The minimum atomic E-state index is 0.235. The molecular formula is C11H18N4O. The number of hydrogen-bond donors (Lipinski definition) is 1. The van der Waals surface area contributed by atoms with Gasteiger partial charge in [0, 0.05) is 31.5 Å². The van der Waals surface area contributed by atoms with Crippen LogP contribution in [-0.2, 0) is 4.74 Å². The van der Waals surface area contributed by atoms with Gasteiger partial charge in [-0.05, 0) is 20.3 Å². The van der Waals surface area contributed by atoms with Crippen LogP contribution < -0.4 is 10.6 Å². The highest BCUT2D eigenvalue weighted by atomic mass is 16.5. The lowest BCUT2D eigenvalue weighted by Gasteiger charge is -2.23. The van der Waals surface area contributed by atoms with Gasteiger partial charge in [-0.3, -0.25) is 0 Å². The van der Waals surface area contributed by atoms with Gasteiger partial charge in [-0.25, -0.2) is 4.98 Å². The van der Waals surface area contributed by atoms with E-state index in [1.54, 1.807) is 0 Å². The smallest absolute Gasteiger partial charge is 0.222 e. The van der Waals surface area contributed by atoms with Gasteiger partial charge in [-0.1, -0.05) is 0 Å². The lowest BCUT2D eigenvalue weighted by atomic mass is 10.3. The fourth-order valence-electron chi connectivity index (χ4n) is 1.94. The molecule has 5 heteroatoms. The molecule has 1 fully saturated rings. The highest BCUT2D eigenvalue weighted by Crippen LogP contribution is 2.16. The van der Waals surface area contributed by atoms with Crippen LogP contribution in [0.1, 0.15) is 19.0 Å². The molecule has 0 bridgehead atoms. The number of rotatable bonds is 1. The second-order valence-electron chi connectivity index (χ2n) is 4.21. The monoisotopic (exact) mass is 222 g/mol. The molecule has 1 saturated heterocycles. The lowest BCUT2D eigenvalue weighted by molar-refractivity contribution is 0.0820. The van der Waals surface area contributed by atoms with Crippen LogP contribution >= 0.6 is 0 Å². The third-order valence-electron chi connectivity index (χ3n) is 2.63. The number of aromatic nitrogens is 2. The molecule has 0 radical (unpaired) electrons. The standard InChI is InChI=1S/C11H18N4O/c1-8-6-10(14-11(12)13-8)15-4-3-5-16-9(2)7-15/h6,9H,3-5,7H2,1-2H3,(H2,12,13,14). The number of nitrogen functional groups attached to an aromatic ring is 1. The Balaban J connectivity index is 2.21. The molecule has 2 heterocycles. The van der Waals surface area contributed by atoms with Crippen molar-refractivity contribution in [1.82, 2.24) is 9.97 Å². The fourth-order valence-corrected chi connectivity index (χ4v) is 1.94. The molecule has 0 spiro atoms. The van der Waals surface area contributed by atoms with Crippen LogP contribution in [0.3, 0.4) is 0 Å². The largest absolute Gasteiger partial charge is 0.377 e. The topological polar surface area (TPSA) is 64.3 Å². The van der Waals surface area contributed by atoms with Crippen molar-refractivity contribution >= 4 is 11.8 Å². The molecule has 2 rings (SSSR count). The number of hydrogen-bond acceptors (Lipinski definition) is 5. The molecule has 1 aliphatic rings. The Kier molecular flexibility index (Phi) is 3.24. The molecule has 5 nitrogen and oxygen atoms in total. The number of anilines is 2. The van der Waals surface area contributed by atoms with Crippen molar-refractivity contribution in [2.45, 2.75) is 26.4 Å². The SMILES string of the molecule is Cc1cc(N2CCCOC(C)C2)nc(N)n1. The molecule has 1 atom stereocenters. The quantitative estimate of drug-likeness (QED) is 0.767. The molecule has 1 aromatic rings. The Morgan fingerprint density at radius 3 is 3.06 bits per heavy atom. The van der Waals surface area contributed by atoms with Gasteiger partial charge in [-0.2, -0.15) is 4.98 Å². The van der Waals surface area contributed by atoms with Crippen molar-refractivity contribution in [1.29, 1.82) is 0 Å². The van der Waals surface area contributed by atoms with Gasteiger partial charge in [0.25, 0.3) is 0 Å². The first-order valence-corrected chi connectivity index (χ1v) is 5.63. The van der Waals surface area contributed by atoms with Crippen LogP contribution in [0.25, 0.3) is 0 Å². The highest BCUT2D eigenvalue weighted by molar-refractivity contribution is 5.43. The molecule has 2 N–H and O–H groups in total. The fraction of sp³-hybridized carbons (Fsp3) is 0.636. The van der Waals surface area contributed by atoms with Crippen LogP contribution in [0.15, 0.2) is 6.07 Å². The summed E-state index contributed by atoms with van der Waals surface area (Å²) in [6.07, 6.45) is 1.26. The molecule has 0 saturated carbocycles. The van der Waals surface area contributed by atoms with Crippen LogP contribution in [0.2, 0.25) is 0 Å². The maximum Gasteiger partial charge on any atom is 0.222 e. The summed E-state index contributed by atoms with van der Waals surface area (Å²) in [7, 11) is 0. The van der Waals surface area contributed by atoms with Crippen molar-refractivity contribution in [3.05, 3.63) is 11.8 Å². The van der Waals surface area contributed by atoms with Crippen LogP contribution in [0.4, 0.5) is 11.8 Å². The van der Waals surface area contributed by atoms with Gasteiger partial charge in [0.15, 0.2) is 0 Å². The van der Waals surface area contributed by atoms with Crippen LogP contribution in [0.5, 0.6) is 0 Å². The summed E-state index contributed by atoms with van der Waals surface area (Å²) < 4.78 is 5.60. The summed E-state index contributed by atoms with van der Waals surface area (Å²) >= 11 is 0. The van der Waals surface area contributed by atoms with Gasteiger partial charge in [0.05, 0.1) is 6.10 Å². The summed E-state index contributed by atoms with van der Waals surface area (Å²) in [6.45, 7) is 6.64. The van der Waals surface area contributed by atoms with E-state index < -0.39 is 0 Å². The number of ether oxygens (including phenoxy) is 1. The molecule has 1 aliphatic heterocycles. The zero-order chi connectivity index (χ0) is 11.5. The van der Waals surface area contributed by atoms with E-state index in [1.165, 1.54) is 0 Å². The minimum absolute atomic E-state index is 0.235. The molecule has 0 amide bonds. The second-order valence-corrected chi connectivity index (χ2v) is 4.21. The maximum absolute atomic E-state index is 5.66. The Morgan fingerprint density at radius 1 is 1.50 bits per heavy atom. The van der Waals surface area contributed by atoms with Crippen molar-refractivity contribution in [2.75, 3.05) is 30.3 Å². The molecular weight excluding hydrogens is 204 g/mol. The summed E-state index contributed by atoms with van der Waals surface area (Å²) in [4.78, 5) is 10.6. The zero-order valence-corrected chi connectivity index (χ0v) is 9.81. The lowest BCUT2D eigenvalue weighted by Crippen LogP contribution is -2.31. The first kappa shape index (κ1) is 11.1. The van der Waals surface area contributed by atoms with Crippen molar-refractivity contribution in [3.63, 3.8) is 0 Å². The Hall–Kier alpha value is -1.36. The molecule has 0 aromatic carbocycles. The van der Waals surface area contributed by atoms with E-state index >= 15 is 0 Å². The minimum Gasteiger partial charge on any atom is -0.377 e. The van der Waals surface area contributed by atoms with E-state index in [0.29, 0.717) is 5.95 Å². The molecule has 1 aromatic heterocycles. The van der Waals surface area contributed by atoms with Crippen LogP contribution in [0, 0.1) is 6.92 Å². The van der Waals surface area contributed by atoms with E-state index in [-0.39, 0.29) is 6.10 Å². The van der Waals surface area contributed by atoms with E-state index in [4.69, 9.17) is 10.5 Å². The predicted octanol–water partition coefficient (Wildman–Crippen LogP) is 0.982. The normalized spacial score (nSPS) is 21.9. The third kappa shape index (κ3) is 2.61. The summed E-state index contributed by atoms with van der Waals surface area (Å²) in [5.74, 6) is 1.25. The average molecular weight is 222 g/mol. The van der Waals surface area contributed by atoms with E-state index in [1.807, 2.05) is 13.0 Å². The summed E-state index contributed by atoms with van der Waals surface area (Å²) in [6, 6.07) is 1.97. The van der Waals surface area contributed by atoms with Crippen molar-refractivity contribution in [2.24, 2.45) is 0 Å².